The standard InChI is InChI=1S/C8H12N4O2S/c1-5(13)11(3)7-9-10-8(15-7)12(4)6(2)14/h1-4H3. The largest absolute Gasteiger partial charge is 0.290 e. The molecule has 82 valence electrons. The van der Waals surface area contributed by atoms with Crippen LogP contribution in [0.1, 0.15) is 13.8 Å². The molecule has 0 unspecified atom stereocenters. The fraction of sp³-hybridized carbons (Fsp3) is 0.500. The minimum atomic E-state index is -0.122. The van der Waals surface area contributed by atoms with Gasteiger partial charge < -0.3 is 0 Å². The minimum Gasteiger partial charge on any atom is -0.290 e. The Morgan fingerprint density at radius 3 is 1.60 bits per heavy atom. The molecule has 0 radical (unpaired) electrons. The second-order valence-electron chi connectivity index (χ2n) is 3.02. The van der Waals surface area contributed by atoms with Crippen LogP contribution < -0.4 is 9.80 Å². The Labute approximate surface area is 91.5 Å². The van der Waals surface area contributed by atoms with E-state index in [0.29, 0.717) is 10.3 Å². The smallest absolute Gasteiger partial charge is 0.225 e. The molecule has 6 nitrogen and oxygen atoms in total. The molecular formula is C8H12N4O2S. The lowest BCUT2D eigenvalue weighted by molar-refractivity contribution is -0.117. The van der Waals surface area contributed by atoms with Gasteiger partial charge in [0, 0.05) is 27.9 Å². The molecule has 0 aliphatic carbocycles. The molecule has 1 rings (SSSR count). The first-order valence-electron chi connectivity index (χ1n) is 4.25. The summed E-state index contributed by atoms with van der Waals surface area (Å²) in [5.74, 6) is -0.244. The van der Waals surface area contributed by atoms with Crippen molar-refractivity contribution in [3.8, 4) is 0 Å². The summed E-state index contributed by atoms with van der Waals surface area (Å²) in [7, 11) is 3.22. The van der Waals surface area contributed by atoms with Gasteiger partial charge in [-0.1, -0.05) is 11.3 Å². The topological polar surface area (TPSA) is 66.4 Å². The zero-order valence-electron chi connectivity index (χ0n) is 9.01. The van der Waals surface area contributed by atoms with Crippen LogP contribution in [0, 0.1) is 0 Å². The van der Waals surface area contributed by atoms with Crippen LogP contribution in [0.4, 0.5) is 10.3 Å². The number of rotatable bonds is 2. The highest BCUT2D eigenvalue weighted by molar-refractivity contribution is 7.19. The minimum absolute atomic E-state index is 0.122. The Bertz CT molecular complexity index is 355. The first-order chi connectivity index (χ1) is 6.93. The number of carbonyl (C=O) groups excluding carboxylic acids is 2. The van der Waals surface area contributed by atoms with Crippen molar-refractivity contribution in [1.82, 2.24) is 10.2 Å². The molecule has 0 fully saturated rings. The summed E-state index contributed by atoms with van der Waals surface area (Å²) in [6.07, 6.45) is 0. The fourth-order valence-corrected chi connectivity index (χ4v) is 1.61. The van der Waals surface area contributed by atoms with Crippen LogP contribution in [0.15, 0.2) is 0 Å². The zero-order chi connectivity index (χ0) is 11.6. The Hall–Kier alpha value is -1.50. The highest BCUT2D eigenvalue weighted by atomic mass is 32.1. The molecule has 0 atom stereocenters. The van der Waals surface area contributed by atoms with Gasteiger partial charge in [0.25, 0.3) is 0 Å². The summed E-state index contributed by atoms with van der Waals surface area (Å²) in [5, 5.41) is 8.60. The quantitative estimate of drug-likeness (QED) is 0.739. The number of anilines is 2. The van der Waals surface area contributed by atoms with E-state index in [0.717, 1.165) is 0 Å². The van der Waals surface area contributed by atoms with Crippen molar-refractivity contribution in [2.24, 2.45) is 0 Å². The molecule has 0 spiro atoms. The third-order valence-electron chi connectivity index (χ3n) is 1.92. The average molecular weight is 228 g/mol. The highest BCUT2D eigenvalue weighted by Crippen LogP contribution is 2.25. The number of aromatic nitrogens is 2. The molecule has 1 heterocycles. The van der Waals surface area contributed by atoms with Crippen molar-refractivity contribution in [2.75, 3.05) is 23.9 Å². The molecule has 2 amide bonds. The van der Waals surface area contributed by atoms with E-state index in [1.807, 2.05) is 0 Å². The van der Waals surface area contributed by atoms with Gasteiger partial charge in [0.05, 0.1) is 0 Å². The zero-order valence-corrected chi connectivity index (χ0v) is 9.83. The summed E-state index contributed by atoms with van der Waals surface area (Å²) in [6.45, 7) is 2.88. The lowest BCUT2D eigenvalue weighted by Crippen LogP contribution is -2.22. The van der Waals surface area contributed by atoms with Crippen molar-refractivity contribution in [3.05, 3.63) is 0 Å². The van der Waals surface area contributed by atoms with E-state index in [1.165, 1.54) is 35.0 Å². The maximum atomic E-state index is 11.0. The number of amides is 2. The molecule has 15 heavy (non-hydrogen) atoms. The first kappa shape index (κ1) is 11.6. The van der Waals surface area contributed by atoms with E-state index in [9.17, 15) is 9.59 Å². The van der Waals surface area contributed by atoms with E-state index in [1.54, 1.807) is 14.1 Å². The van der Waals surface area contributed by atoms with Crippen LogP contribution in [-0.2, 0) is 9.59 Å². The van der Waals surface area contributed by atoms with Crippen LogP contribution in [0.2, 0.25) is 0 Å². The Balaban J connectivity index is 2.89. The van der Waals surface area contributed by atoms with Gasteiger partial charge in [0.2, 0.25) is 22.1 Å². The third-order valence-corrected chi connectivity index (χ3v) is 3.00. The van der Waals surface area contributed by atoms with Gasteiger partial charge in [-0.3, -0.25) is 19.4 Å². The summed E-state index contributed by atoms with van der Waals surface area (Å²) in [4.78, 5) is 24.9. The molecule has 0 aromatic carbocycles. The molecule has 1 aromatic rings. The Kier molecular flexibility index (Phi) is 3.35. The predicted octanol–water partition coefficient (Wildman–Crippen LogP) is 0.503. The molecule has 1 aromatic heterocycles. The van der Waals surface area contributed by atoms with Crippen LogP contribution in [0.3, 0.4) is 0 Å². The van der Waals surface area contributed by atoms with Crippen molar-refractivity contribution < 1.29 is 9.59 Å². The molecular weight excluding hydrogens is 216 g/mol. The Morgan fingerprint density at radius 2 is 1.33 bits per heavy atom. The van der Waals surface area contributed by atoms with Gasteiger partial charge in [-0.15, -0.1) is 10.2 Å². The van der Waals surface area contributed by atoms with E-state index in [-0.39, 0.29) is 11.8 Å². The lowest BCUT2D eigenvalue weighted by Gasteiger charge is -2.10. The average Bonchev–Trinajstić information content (AvgIpc) is 2.63. The SMILES string of the molecule is CC(=O)N(C)c1nnc(N(C)C(C)=O)s1. The summed E-state index contributed by atoms with van der Waals surface area (Å²) >= 11 is 1.19. The number of hydrogen-bond acceptors (Lipinski definition) is 5. The van der Waals surface area contributed by atoms with Gasteiger partial charge >= 0.3 is 0 Å². The molecule has 0 N–H and O–H groups in total. The highest BCUT2D eigenvalue weighted by Gasteiger charge is 2.15. The maximum Gasteiger partial charge on any atom is 0.225 e. The lowest BCUT2D eigenvalue weighted by atomic mass is 10.6. The molecule has 7 heteroatoms. The predicted molar refractivity (Wildman–Crippen MR) is 58.1 cm³/mol. The van der Waals surface area contributed by atoms with Crippen LogP contribution in [-0.4, -0.2) is 36.1 Å². The number of hydrogen-bond donors (Lipinski definition) is 0. The molecule has 0 aliphatic heterocycles. The second kappa shape index (κ2) is 4.35. The molecule has 0 aliphatic rings. The van der Waals surface area contributed by atoms with Crippen LogP contribution >= 0.6 is 11.3 Å². The summed E-state index contributed by atoms with van der Waals surface area (Å²) in [6, 6.07) is 0. The Morgan fingerprint density at radius 1 is 1.00 bits per heavy atom. The van der Waals surface area contributed by atoms with E-state index >= 15 is 0 Å². The van der Waals surface area contributed by atoms with Gasteiger partial charge in [0.15, 0.2) is 0 Å². The van der Waals surface area contributed by atoms with Crippen LogP contribution in [0.5, 0.6) is 0 Å². The van der Waals surface area contributed by atoms with Crippen molar-refractivity contribution in [2.45, 2.75) is 13.8 Å². The maximum absolute atomic E-state index is 11.0. The van der Waals surface area contributed by atoms with Gasteiger partial charge in [-0.25, -0.2) is 0 Å². The van der Waals surface area contributed by atoms with Crippen LogP contribution in [0.25, 0.3) is 0 Å². The summed E-state index contributed by atoms with van der Waals surface area (Å²) in [5.41, 5.74) is 0. The van der Waals surface area contributed by atoms with Crippen molar-refractivity contribution in [3.63, 3.8) is 0 Å². The first-order valence-corrected chi connectivity index (χ1v) is 5.07. The number of nitrogens with zero attached hydrogens (tertiary/aromatic N) is 4. The van der Waals surface area contributed by atoms with Gasteiger partial charge in [0.1, 0.15) is 0 Å². The molecule has 0 saturated heterocycles. The van der Waals surface area contributed by atoms with E-state index in [4.69, 9.17) is 0 Å². The second-order valence-corrected chi connectivity index (χ2v) is 3.96. The molecule has 0 bridgehead atoms. The van der Waals surface area contributed by atoms with E-state index < -0.39 is 0 Å². The number of carbonyl (C=O) groups is 2. The van der Waals surface area contributed by atoms with Crippen molar-refractivity contribution >= 4 is 33.4 Å². The van der Waals surface area contributed by atoms with Gasteiger partial charge in [-0.05, 0) is 0 Å². The molecule has 0 saturated carbocycles. The van der Waals surface area contributed by atoms with Gasteiger partial charge in [-0.2, -0.15) is 0 Å². The normalized spacial score (nSPS) is 9.87. The third kappa shape index (κ3) is 2.50. The summed E-state index contributed by atoms with van der Waals surface area (Å²) < 4.78 is 0. The fourth-order valence-electron chi connectivity index (χ4n) is 0.748. The van der Waals surface area contributed by atoms with E-state index in [2.05, 4.69) is 10.2 Å². The van der Waals surface area contributed by atoms with Crippen molar-refractivity contribution in [1.29, 1.82) is 0 Å². The monoisotopic (exact) mass is 228 g/mol.